The predicted octanol–water partition coefficient (Wildman–Crippen LogP) is 5.31. The molecule has 1 heterocycles. The van der Waals surface area contributed by atoms with Gasteiger partial charge in [0, 0.05) is 25.5 Å². The van der Waals surface area contributed by atoms with Gasteiger partial charge in [0.15, 0.2) is 11.6 Å². The predicted molar refractivity (Wildman–Crippen MR) is 189 cm³/mol. The van der Waals surface area contributed by atoms with E-state index in [1.54, 1.807) is 6.07 Å². The molecule has 1 unspecified atom stereocenters. The zero-order valence-electron chi connectivity index (χ0n) is 30.3. The number of esters is 2. The Bertz CT molecular complexity index is 1250. The summed E-state index contributed by atoms with van der Waals surface area (Å²) in [4.78, 5) is 35.6. The molecule has 2 aromatic rings. The molecule has 0 fully saturated rings. The van der Waals surface area contributed by atoms with Crippen molar-refractivity contribution in [2.45, 2.75) is 129 Å². The van der Waals surface area contributed by atoms with E-state index in [-0.39, 0.29) is 48.6 Å². The lowest BCUT2D eigenvalue weighted by Gasteiger charge is -2.28. The maximum absolute atomic E-state index is 12.6. The number of allylic oxidation sites excluding steroid dienone is 2. The van der Waals surface area contributed by atoms with Crippen molar-refractivity contribution in [2.75, 3.05) is 46.2 Å². The number of anilines is 1. The van der Waals surface area contributed by atoms with Crippen LogP contribution in [0.3, 0.4) is 0 Å². The van der Waals surface area contributed by atoms with Gasteiger partial charge in [-0.15, -0.1) is 0 Å². The molecule has 2 rings (SSSR count). The Morgan fingerprint density at radius 1 is 0.857 bits per heavy atom. The van der Waals surface area contributed by atoms with Crippen LogP contribution in [0.2, 0.25) is 0 Å². The van der Waals surface area contributed by atoms with Gasteiger partial charge in [-0.25, -0.2) is 4.63 Å². The van der Waals surface area contributed by atoms with Crippen LogP contribution in [-0.2, 0) is 19.1 Å². The second-order valence-corrected chi connectivity index (χ2v) is 13.7. The lowest BCUT2D eigenvalue weighted by molar-refractivity contribution is -0.873. The summed E-state index contributed by atoms with van der Waals surface area (Å²) < 4.78 is 16.5. The summed E-state index contributed by atoms with van der Waals surface area (Å²) in [5.74, 6) is -0.547. The van der Waals surface area contributed by atoms with Crippen LogP contribution in [0.5, 0.6) is 0 Å². The number of fused-ring (bicyclic) bond motifs is 1. The lowest BCUT2D eigenvalue weighted by atomic mass is 10.1. The molecule has 13 heteroatoms. The fourth-order valence-electron chi connectivity index (χ4n) is 5.52. The van der Waals surface area contributed by atoms with Crippen LogP contribution in [0.25, 0.3) is 11.0 Å². The van der Waals surface area contributed by atoms with Crippen molar-refractivity contribution in [1.29, 1.82) is 0 Å². The van der Waals surface area contributed by atoms with Crippen molar-refractivity contribution in [3.8, 4) is 0 Å². The number of aromatic nitrogens is 2. The van der Waals surface area contributed by atoms with Crippen LogP contribution in [0.4, 0.5) is 11.4 Å². The Labute approximate surface area is 298 Å². The van der Waals surface area contributed by atoms with E-state index in [0.717, 1.165) is 38.5 Å². The number of non-ortho nitro benzene ring substituents is 1. The lowest BCUT2D eigenvalue weighted by Crippen LogP contribution is -3.00. The number of unbranched alkanes of at least 4 members (excludes halogenated alkanes) is 13. The summed E-state index contributed by atoms with van der Waals surface area (Å²) in [6.07, 6.45) is 22.7. The molecule has 0 aliphatic rings. The maximum atomic E-state index is 12.6. The van der Waals surface area contributed by atoms with E-state index in [2.05, 4.69) is 39.3 Å². The van der Waals surface area contributed by atoms with E-state index in [4.69, 9.17) is 9.47 Å². The SMILES string of the molecule is CCCCCCCC/C=C\CCCCCCCC(=O)OCC(C[N+](C)(C)C)OC(=O)CCCCCNc1ccc([N+](=O)[O-])c2nonc12.[Cl-]. The van der Waals surface area contributed by atoms with Gasteiger partial charge in [-0.05, 0) is 61.3 Å². The first kappa shape index (κ1) is 43.8. The summed E-state index contributed by atoms with van der Waals surface area (Å²) in [6.45, 7) is 3.45. The van der Waals surface area contributed by atoms with Gasteiger partial charge in [0.2, 0.25) is 5.52 Å². The van der Waals surface area contributed by atoms with E-state index in [9.17, 15) is 19.7 Å². The van der Waals surface area contributed by atoms with Gasteiger partial charge in [-0.1, -0.05) is 76.9 Å². The molecule has 1 aromatic heterocycles. The molecule has 0 bridgehead atoms. The molecule has 278 valence electrons. The van der Waals surface area contributed by atoms with Crippen molar-refractivity contribution in [1.82, 2.24) is 10.3 Å². The number of carbonyl (C=O) groups is 2. The fraction of sp³-hybridized carbons (Fsp3) is 0.722. The standard InChI is InChI=1S/C36H60N5O7.ClH/c1-5-6-7-8-9-10-11-12-13-14-15-16-17-18-20-23-33(42)46-29-30(28-41(2,3)4)47-34(43)24-21-19-22-27-37-31-25-26-32(40(44)45)36-35(31)38-48-39-36;/h12-13,25-26,30,37H,5-11,14-24,27-29H2,1-4H3;1H/q+1;/p-1/b13-12-;. The third-order valence-corrected chi connectivity index (χ3v) is 8.09. The molecule has 0 spiro atoms. The summed E-state index contributed by atoms with van der Waals surface area (Å²) in [7, 11) is 6.03. The average Bonchev–Trinajstić information content (AvgIpc) is 3.53. The number of nitrogens with zero attached hydrogens (tertiary/aromatic N) is 4. The number of rotatable bonds is 28. The molecule has 49 heavy (non-hydrogen) atoms. The number of benzene rings is 1. The monoisotopic (exact) mass is 709 g/mol. The van der Waals surface area contributed by atoms with Crippen LogP contribution in [0.15, 0.2) is 28.9 Å². The number of quaternary nitrogens is 1. The topological polar surface area (TPSA) is 147 Å². The molecule has 1 aromatic carbocycles. The Kier molecular flexibility index (Phi) is 22.9. The van der Waals surface area contributed by atoms with E-state index < -0.39 is 11.0 Å². The number of nitrogens with one attached hydrogen (secondary N) is 1. The summed E-state index contributed by atoms with van der Waals surface area (Å²) in [5, 5.41) is 21.8. The first-order valence-corrected chi connectivity index (χ1v) is 18.0. The van der Waals surface area contributed by atoms with Gasteiger partial charge in [-0.3, -0.25) is 19.7 Å². The van der Waals surface area contributed by atoms with Crippen molar-refractivity contribution in [2.24, 2.45) is 0 Å². The van der Waals surface area contributed by atoms with Gasteiger partial charge in [0.25, 0.3) is 0 Å². The molecular formula is C36H60ClN5O7. The fourth-order valence-corrected chi connectivity index (χ4v) is 5.52. The Hall–Kier alpha value is -3.25. The number of hydrogen-bond donors (Lipinski definition) is 1. The number of carbonyl (C=O) groups excluding carboxylic acids is 2. The second kappa shape index (κ2) is 25.7. The molecule has 1 N–H and O–H groups in total. The number of ether oxygens (including phenoxy) is 2. The van der Waals surface area contributed by atoms with Crippen molar-refractivity contribution < 1.29 is 45.5 Å². The van der Waals surface area contributed by atoms with Crippen molar-refractivity contribution in [3.63, 3.8) is 0 Å². The molecule has 0 radical (unpaired) electrons. The molecule has 0 saturated heterocycles. The summed E-state index contributed by atoms with van der Waals surface area (Å²) >= 11 is 0. The van der Waals surface area contributed by atoms with E-state index >= 15 is 0 Å². The van der Waals surface area contributed by atoms with Gasteiger partial charge in [0.05, 0.1) is 31.8 Å². The third kappa shape index (κ3) is 20.1. The molecule has 1 atom stereocenters. The largest absolute Gasteiger partial charge is 1.00 e. The van der Waals surface area contributed by atoms with Crippen LogP contribution < -0.4 is 17.7 Å². The number of likely N-dealkylation sites (N-methyl/N-ethyl adjacent to an activating group) is 1. The molecular weight excluding hydrogens is 650 g/mol. The molecule has 0 saturated carbocycles. The minimum absolute atomic E-state index is 0. The van der Waals surface area contributed by atoms with Crippen LogP contribution in [-0.4, -0.2) is 78.6 Å². The summed E-state index contributed by atoms with van der Waals surface area (Å²) in [5.41, 5.74) is 0.854. The number of halogens is 1. The third-order valence-electron chi connectivity index (χ3n) is 8.09. The van der Waals surface area contributed by atoms with E-state index in [0.29, 0.717) is 41.6 Å². The number of nitro groups is 1. The molecule has 0 amide bonds. The minimum Gasteiger partial charge on any atom is -1.00 e. The molecule has 0 aliphatic heterocycles. The zero-order chi connectivity index (χ0) is 35.0. The van der Waals surface area contributed by atoms with E-state index in [1.807, 2.05) is 21.1 Å². The first-order chi connectivity index (χ1) is 23.1. The number of hydrogen-bond acceptors (Lipinski definition) is 10. The van der Waals surface area contributed by atoms with Crippen LogP contribution in [0, 0.1) is 10.1 Å². The minimum atomic E-state index is -0.523. The van der Waals surface area contributed by atoms with Gasteiger partial charge >= 0.3 is 17.6 Å². The normalized spacial score (nSPS) is 12.2. The van der Waals surface area contributed by atoms with Gasteiger partial charge in [-0.2, -0.15) is 0 Å². The van der Waals surface area contributed by atoms with Gasteiger partial charge in [0.1, 0.15) is 13.2 Å². The van der Waals surface area contributed by atoms with Gasteiger partial charge < -0.3 is 31.7 Å². The Balaban J connectivity index is 0.0000120. The highest BCUT2D eigenvalue weighted by Gasteiger charge is 2.24. The zero-order valence-corrected chi connectivity index (χ0v) is 31.0. The highest BCUT2D eigenvalue weighted by Crippen LogP contribution is 2.28. The second-order valence-electron chi connectivity index (χ2n) is 13.7. The Morgan fingerprint density at radius 2 is 1.43 bits per heavy atom. The maximum Gasteiger partial charge on any atom is 0.306 e. The quantitative estimate of drug-likeness (QED) is 0.0308. The first-order valence-electron chi connectivity index (χ1n) is 18.0. The smallest absolute Gasteiger partial charge is 0.306 e. The average molecular weight is 710 g/mol. The number of nitro benzene ring substituents is 1. The van der Waals surface area contributed by atoms with Crippen LogP contribution in [0.1, 0.15) is 122 Å². The highest BCUT2D eigenvalue weighted by molar-refractivity contribution is 5.93. The molecule has 12 nitrogen and oxygen atoms in total. The van der Waals surface area contributed by atoms with E-state index in [1.165, 1.54) is 63.9 Å². The highest BCUT2D eigenvalue weighted by atomic mass is 35.5. The van der Waals surface area contributed by atoms with Crippen molar-refractivity contribution in [3.05, 3.63) is 34.4 Å². The molecule has 0 aliphatic carbocycles. The van der Waals surface area contributed by atoms with Crippen molar-refractivity contribution >= 4 is 34.3 Å². The van der Waals surface area contributed by atoms with Crippen LogP contribution >= 0.6 is 0 Å². The summed E-state index contributed by atoms with van der Waals surface area (Å²) in [6, 6.07) is 2.95. The Morgan fingerprint density at radius 3 is 2.06 bits per heavy atom.